The number of rotatable bonds is 1. The molecular weight excluding hydrogens is 144 g/mol. The third-order valence-corrected chi connectivity index (χ3v) is 1.95. The molecule has 1 saturated heterocycles. The Morgan fingerprint density at radius 2 is 2.45 bits per heavy atom. The summed E-state index contributed by atoms with van der Waals surface area (Å²) in [5.41, 5.74) is 0. The summed E-state index contributed by atoms with van der Waals surface area (Å²) in [6.45, 7) is 2.07. The highest BCUT2D eigenvalue weighted by Crippen LogP contribution is 2.01. The molecule has 1 fully saturated rings. The van der Waals surface area contributed by atoms with Gasteiger partial charge in [0.2, 0.25) is 0 Å². The van der Waals surface area contributed by atoms with Crippen LogP contribution >= 0.6 is 0 Å². The Labute approximate surface area is 66.2 Å². The quantitative estimate of drug-likeness (QED) is 0.552. The van der Waals surface area contributed by atoms with E-state index in [9.17, 15) is 4.79 Å². The van der Waals surface area contributed by atoms with Crippen LogP contribution in [0.5, 0.6) is 0 Å². The topological polar surface area (TPSA) is 54.6 Å². The third kappa shape index (κ3) is 2.17. The molecule has 0 saturated carbocycles. The Balaban J connectivity index is 2.52. The van der Waals surface area contributed by atoms with Gasteiger partial charge in [-0.05, 0) is 20.0 Å². The number of hydrogen-bond donors (Lipinski definition) is 1. The standard InChI is InChI=1S/C7H13N2O2/c1-9-4-2-3-8-5-6(9)7(10)11/h6H,2-5H2,1H3,(H,10,11). The van der Waals surface area contributed by atoms with E-state index in [0.29, 0.717) is 6.54 Å². The van der Waals surface area contributed by atoms with Crippen molar-refractivity contribution in [1.82, 2.24) is 10.2 Å². The Kier molecular flexibility index (Phi) is 2.84. The molecule has 0 aromatic carbocycles. The first kappa shape index (κ1) is 8.49. The summed E-state index contributed by atoms with van der Waals surface area (Å²) in [5.74, 6) is -0.766. The van der Waals surface area contributed by atoms with E-state index in [4.69, 9.17) is 5.11 Å². The minimum absolute atomic E-state index is 0.405. The van der Waals surface area contributed by atoms with Gasteiger partial charge in [-0.2, -0.15) is 0 Å². The van der Waals surface area contributed by atoms with E-state index in [1.807, 2.05) is 11.9 Å². The van der Waals surface area contributed by atoms with Crippen LogP contribution in [0.25, 0.3) is 0 Å². The molecule has 1 N–H and O–H groups in total. The highest BCUT2D eigenvalue weighted by molar-refractivity contribution is 5.73. The van der Waals surface area contributed by atoms with Crippen LogP contribution in [-0.2, 0) is 4.79 Å². The maximum atomic E-state index is 10.6. The van der Waals surface area contributed by atoms with Crippen molar-refractivity contribution in [2.45, 2.75) is 12.5 Å². The Bertz CT molecular complexity index is 149. The molecule has 4 nitrogen and oxygen atoms in total. The number of aliphatic carboxylic acids is 1. The second-order valence-corrected chi connectivity index (χ2v) is 2.82. The molecule has 0 amide bonds. The maximum absolute atomic E-state index is 10.6. The molecular formula is C7H13N2O2. The Hall–Kier alpha value is -0.610. The van der Waals surface area contributed by atoms with Gasteiger partial charge in [0.1, 0.15) is 6.04 Å². The molecule has 0 aromatic heterocycles. The zero-order chi connectivity index (χ0) is 8.27. The van der Waals surface area contributed by atoms with Crippen molar-refractivity contribution in [2.75, 3.05) is 26.7 Å². The van der Waals surface area contributed by atoms with E-state index >= 15 is 0 Å². The highest BCUT2D eigenvalue weighted by atomic mass is 16.4. The summed E-state index contributed by atoms with van der Waals surface area (Å²) >= 11 is 0. The zero-order valence-electron chi connectivity index (χ0n) is 6.66. The first-order valence-corrected chi connectivity index (χ1v) is 3.78. The van der Waals surface area contributed by atoms with Crippen molar-refractivity contribution in [3.05, 3.63) is 0 Å². The first-order chi connectivity index (χ1) is 5.22. The molecule has 0 aromatic rings. The molecule has 1 aliphatic heterocycles. The van der Waals surface area contributed by atoms with E-state index in [1.54, 1.807) is 0 Å². The predicted octanol–water partition coefficient (Wildman–Crippen LogP) is -0.620. The van der Waals surface area contributed by atoms with Gasteiger partial charge in [0, 0.05) is 13.1 Å². The molecule has 63 valence electrons. The average molecular weight is 157 g/mol. The van der Waals surface area contributed by atoms with Crippen LogP contribution in [-0.4, -0.2) is 48.7 Å². The van der Waals surface area contributed by atoms with Gasteiger partial charge < -0.3 is 5.11 Å². The van der Waals surface area contributed by atoms with Crippen molar-refractivity contribution in [1.29, 1.82) is 0 Å². The van der Waals surface area contributed by atoms with Gasteiger partial charge in [-0.25, -0.2) is 5.32 Å². The summed E-state index contributed by atoms with van der Waals surface area (Å²) in [7, 11) is 1.83. The fourth-order valence-corrected chi connectivity index (χ4v) is 1.21. The van der Waals surface area contributed by atoms with Crippen LogP contribution in [0.15, 0.2) is 0 Å². The van der Waals surface area contributed by atoms with Gasteiger partial charge in [-0.15, -0.1) is 0 Å². The van der Waals surface area contributed by atoms with E-state index in [0.717, 1.165) is 19.5 Å². The van der Waals surface area contributed by atoms with E-state index in [1.165, 1.54) is 0 Å². The molecule has 1 unspecified atom stereocenters. The lowest BCUT2D eigenvalue weighted by molar-refractivity contribution is -0.142. The van der Waals surface area contributed by atoms with Crippen LogP contribution < -0.4 is 5.32 Å². The van der Waals surface area contributed by atoms with Crippen LogP contribution in [0.3, 0.4) is 0 Å². The number of hydrogen-bond acceptors (Lipinski definition) is 2. The Morgan fingerprint density at radius 3 is 3.09 bits per heavy atom. The minimum Gasteiger partial charge on any atom is -0.480 e. The summed E-state index contributed by atoms with van der Waals surface area (Å²) < 4.78 is 0. The SMILES string of the molecule is CN1CCC[N]CC1C(=O)O. The zero-order valence-corrected chi connectivity index (χ0v) is 6.66. The molecule has 0 bridgehead atoms. The smallest absolute Gasteiger partial charge is 0.322 e. The average Bonchev–Trinajstić information content (AvgIpc) is 2.13. The van der Waals surface area contributed by atoms with Crippen molar-refractivity contribution in [3.8, 4) is 0 Å². The second-order valence-electron chi connectivity index (χ2n) is 2.82. The van der Waals surface area contributed by atoms with E-state index in [2.05, 4.69) is 5.32 Å². The van der Waals surface area contributed by atoms with Gasteiger partial charge in [0.15, 0.2) is 0 Å². The van der Waals surface area contributed by atoms with Gasteiger partial charge >= 0.3 is 5.97 Å². The molecule has 1 aliphatic rings. The normalized spacial score (nSPS) is 27.9. The highest BCUT2D eigenvalue weighted by Gasteiger charge is 2.23. The summed E-state index contributed by atoms with van der Waals surface area (Å²) in [5, 5.41) is 12.8. The lowest BCUT2D eigenvalue weighted by Gasteiger charge is -2.20. The van der Waals surface area contributed by atoms with Gasteiger partial charge in [-0.1, -0.05) is 0 Å². The Morgan fingerprint density at radius 1 is 1.73 bits per heavy atom. The summed E-state index contributed by atoms with van der Waals surface area (Å²) in [4.78, 5) is 12.5. The maximum Gasteiger partial charge on any atom is 0.322 e. The molecule has 11 heavy (non-hydrogen) atoms. The number of carbonyl (C=O) groups is 1. The molecule has 1 rings (SSSR count). The van der Waals surface area contributed by atoms with Gasteiger partial charge in [0.25, 0.3) is 0 Å². The lowest BCUT2D eigenvalue weighted by atomic mass is 10.3. The molecule has 4 heteroatoms. The molecule has 1 atom stereocenters. The molecule has 1 radical (unpaired) electrons. The van der Waals surface area contributed by atoms with Crippen LogP contribution in [0.1, 0.15) is 6.42 Å². The summed E-state index contributed by atoms with van der Waals surface area (Å²) in [6.07, 6.45) is 0.972. The number of nitrogens with zero attached hydrogens (tertiary/aromatic N) is 2. The van der Waals surface area contributed by atoms with Crippen LogP contribution in [0.2, 0.25) is 0 Å². The first-order valence-electron chi connectivity index (χ1n) is 3.78. The van der Waals surface area contributed by atoms with E-state index in [-0.39, 0.29) is 0 Å². The fraction of sp³-hybridized carbons (Fsp3) is 0.857. The summed E-state index contributed by atoms with van der Waals surface area (Å²) in [6, 6.07) is -0.405. The lowest BCUT2D eigenvalue weighted by Crippen LogP contribution is -2.41. The van der Waals surface area contributed by atoms with Crippen LogP contribution in [0.4, 0.5) is 0 Å². The van der Waals surface area contributed by atoms with Crippen molar-refractivity contribution < 1.29 is 9.90 Å². The van der Waals surface area contributed by atoms with Crippen molar-refractivity contribution in [3.63, 3.8) is 0 Å². The largest absolute Gasteiger partial charge is 0.480 e. The van der Waals surface area contributed by atoms with Crippen molar-refractivity contribution >= 4 is 5.97 Å². The fourth-order valence-electron chi connectivity index (χ4n) is 1.21. The molecule has 0 aliphatic carbocycles. The monoisotopic (exact) mass is 157 g/mol. The van der Waals surface area contributed by atoms with Gasteiger partial charge in [0.05, 0.1) is 0 Å². The van der Waals surface area contributed by atoms with Crippen LogP contribution in [0, 0.1) is 0 Å². The molecule has 0 spiro atoms. The second kappa shape index (κ2) is 3.69. The van der Waals surface area contributed by atoms with Gasteiger partial charge in [-0.3, -0.25) is 9.69 Å². The predicted molar refractivity (Wildman–Crippen MR) is 40.5 cm³/mol. The number of carboxylic acid groups (broad SMARTS) is 1. The third-order valence-electron chi connectivity index (χ3n) is 1.95. The molecule has 1 heterocycles. The van der Waals surface area contributed by atoms with E-state index < -0.39 is 12.0 Å². The minimum atomic E-state index is -0.766. The number of likely N-dealkylation sites (N-methyl/N-ethyl adjacent to an activating group) is 1. The number of carboxylic acids is 1. The van der Waals surface area contributed by atoms with Crippen molar-refractivity contribution in [2.24, 2.45) is 0 Å².